The number of H-pyrrole nitrogens is 1. The number of ether oxygens (including phenoxy) is 1. The summed E-state index contributed by atoms with van der Waals surface area (Å²) in [5, 5.41) is 9.63. The number of rotatable bonds is 3. The predicted molar refractivity (Wildman–Crippen MR) is 76.9 cm³/mol. The number of aryl methyl sites for hydroxylation is 1. The van der Waals surface area contributed by atoms with Crippen LogP contribution in [0, 0.1) is 18.3 Å². The summed E-state index contributed by atoms with van der Waals surface area (Å²) in [5.41, 5.74) is 0.841. The maximum absolute atomic E-state index is 12.1. The van der Waals surface area contributed by atoms with Crippen molar-refractivity contribution in [1.29, 1.82) is 5.26 Å². The van der Waals surface area contributed by atoms with Crippen LogP contribution in [0.2, 0.25) is 0 Å². The highest BCUT2D eigenvalue weighted by Gasteiger charge is 2.10. The highest BCUT2D eigenvalue weighted by atomic mass is 19.3. The third kappa shape index (κ3) is 4.02. The summed E-state index contributed by atoms with van der Waals surface area (Å²) in [6, 6.07) is 6.40. The third-order valence-electron chi connectivity index (χ3n) is 2.62. The van der Waals surface area contributed by atoms with Crippen LogP contribution in [0.4, 0.5) is 8.78 Å². The summed E-state index contributed by atoms with van der Waals surface area (Å²) >= 11 is 0. The minimum Gasteiger partial charge on any atom is -0.486 e. The van der Waals surface area contributed by atoms with Gasteiger partial charge in [0.25, 0.3) is 12.0 Å². The van der Waals surface area contributed by atoms with Crippen molar-refractivity contribution in [3.05, 3.63) is 39.7 Å². The molecule has 0 bridgehead atoms. The molecule has 1 aromatic heterocycles. The molecule has 0 radical (unpaired) electrons. The molecule has 0 unspecified atom stereocenters. The zero-order chi connectivity index (χ0) is 16.0. The van der Waals surface area contributed by atoms with Crippen molar-refractivity contribution in [2.24, 2.45) is 0 Å². The van der Waals surface area contributed by atoms with Gasteiger partial charge in [0.2, 0.25) is 0 Å². The van der Waals surface area contributed by atoms with Crippen LogP contribution in [0.15, 0.2) is 23.0 Å². The van der Waals surface area contributed by atoms with Gasteiger partial charge in [-0.2, -0.15) is 5.26 Å². The number of nitriles is 1. The number of benzene rings is 1. The Morgan fingerprint density at radius 1 is 1.33 bits per heavy atom. The molecule has 0 saturated carbocycles. The number of pyridine rings is 1. The van der Waals surface area contributed by atoms with E-state index in [0.717, 1.165) is 0 Å². The van der Waals surface area contributed by atoms with Gasteiger partial charge in [-0.3, -0.25) is 4.79 Å². The fourth-order valence-corrected chi connectivity index (χ4v) is 1.70. The van der Waals surface area contributed by atoms with Crippen molar-refractivity contribution in [2.45, 2.75) is 27.2 Å². The SMILES string of the molecule is CC.Cc1cc2cc(C#N)c(OCC(F)F)cc2[nH]c1=O. The Morgan fingerprint density at radius 3 is 2.57 bits per heavy atom. The Hall–Kier alpha value is -2.42. The molecule has 0 atom stereocenters. The van der Waals surface area contributed by atoms with E-state index in [1.54, 1.807) is 13.0 Å². The number of hydrogen-bond donors (Lipinski definition) is 1. The van der Waals surface area contributed by atoms with Gasteiger partial charge in [0.15, 0.2) is 0 Å². The first kappa shape index (κ1) is 16.6. The quantitative estimate of drug-likeness (QED) is 0.943. The molecular weight excluding hydrogens is 278 g/mol. The Kier molecular flexibility index (Phi) is 5.85. The van der Waals surface area contributed by atoms with E-state index < -0.39 is 13.0 Å². The molecule has 0 fully saturated rings. The first-order valence-electron chi connectivity index (χ1n) is 6.50. The number of nitrogens with one attached hydrogen (secondary N) is 1. The molecule has 0 aliphatic rings. The van der Waals surface area contributed by atoms with Crippen LogP contribution >= 0.6 is 0 Å². The first-order chi connectivity index (χ1) is 10.0. The Labute approximate surface area is 121 Å². The lowest BCUT2D eigenvalue weighted by molar-refractivity contribution is 0.0818. The zero-order valence-electron chi connectivity index (χ0n) is 12.0. The molecule has 2 rings (SSSR count). The molecule has 0 aliphatic carbocycles. The normalized spacial score (nSPS) is 9.95. The summed E-state index contributed by atoms with van der Waals surface area (Å²) in [5.74, 6) is 0.0369. The van der Waals surface area contributed by atoms with Crippen LogP contribution in [-0.4, -0.2) is 18.0 Å². The highest BCUT2D eigenvalue weighted by Crippen LogP contribution is 2.24. The number of halogens is 2. The van der Waals surface area contributed by atoms with Crippen LogP contribution in [0.3, 0.4) is 0 Å². The minimum atomic E-state index is -2.63. The largest absolute Gasteiger partial charge is 0.486 e. The van der Waals surface area contributed by atoms with Gasteiger partial charge in [-0.25, -0.2) is 8.78 Å². The smallest absolute Gasteiger partial charge is 0.272 e. The first-order valence-corrected chi connectivity index (χ1v) is 6.50. The van der Waals surface area contributed by atoms with E-state index in [0.29, 0.717) is 16.5 Å². The van der Waals surface area contributed by atoms with Crippen molar-refractivity contribution < 1.29 is 13.5 Å². The fourth-order valence-electron chi connectivity index (χ4n) is 1.70. The summed E-state index contributed by atoms with van der Waals surface area (Å²) in [4.78, 5) is 14.1. The van der Waals surface area contributed by atoms with Gasteiger partial charge < -0.3 is 9.72 Å². The molecule has 0 amide bonds. The summed E-state index contributed by atoms with van der Waals surface area (Å²) in [7, 11) is 0. The Bertz CT molecular complexity index is 718. The maximum atomic E-state index is 12.1. The molecule has 0 spiro atoms. The standard InChI is InChI=1S/C13H10F2N2O2.C2H6/c1-7-2-8-3-9(5-16)11(19-6-12(14)15)4-10(8)17-13(7)18;1-2/h2-4,12H,6H2,1H3,(H,17,18);1-2H3. The van der Waals surface area contributed by atoms with Crippen molar-refractivity contribution in [2.75, 3.05) is 6.61 Å². The lowest BCUT2D eigenvalue weighted by Crippen LogP contribution is -2.10. The van der Waals surface area contributed by atoms with Crippen molar-refractivity contribution in [3.8, 4) is 11.8 Å². The van der Waals surface area contributed by atoms with E-state index >= 15 is 0 Å². The molecular formula is C15H16F2N2O2. The molecule has 6 heteroatoms. The number of alkyl halides is 2. The van der Waals surface area contributed by atoms with Gasteiger partial charge in [-0.15, -0.1) is 0 Å². The molecule has 21 heavy (non-hydrogen) atoms. The zero-order valence-corrected chi connectivity index (χ0v) is 12.0. The van der Waals surface area contributed by atoms with Crippen LogP contribution in [0.5, 0.6) is 5.75 Å². The molecule has 2 aromatic rings. The van der Waals surface area contributed by atoms with Crippen LogP contribution in [0.1, 0.15) is 25.0 Å². The molecule has 0 saturated heterocycles. The van der Waals surface area contributed by atoms with Crippen molar-refractivity contribution >= 4 is 10.9 Å². The van der Waals surface area contributed by atoms with Gasteiger partial charge >= 0.3 is 0 Å². The second-order valence-corrected chi connectivity index (χ2v) is 4.03. The average Bonchev–Trinajstić information content (AvgIpc) is 2.47. The van der Waals surface area contributed by atoms with Gasteiger partial charge in [-0.05, 0) is 19.1 Å². The van der Waals surface area contributed by atoms with Crippen LogP contribution in [-0.2, 0) is 0 Å². The van der Waals surface area contributed by atoms with Crippen molar-refractivity contribution in [1.82, 2.24) is 4.98 Å². The van der Waals surface area contributed by atoms with Gasteiger partial charge in [0.1, 0.15) is 18.4 Å². The van der Waals surface area contributed by atoms with E-state index in [9.17, 15) is 13.6 Å². The predicted octanol–water partition coefficient (Wildman–Crippen LogP) is 3.38. The number of aromatic amines is 1. The molecule has 1 N–H and O–H groups in total. The highest BCUT2D eigenvalue weighted by molar-refractivity contribution is 5.82. The Morgan fingerprint density at radius 2 is 2.00 bits per heavy atom. The van der Waals surface area contributed by atoms with Crippen molar-refractivity contribution in [3.63, 3.8) is 0 Å². The third-order valence-corrected chi connectivity index (χ3v) is 2.62. The van der Waals surface area contributed by atoms with Gasteiger partial charge in [0, 0.05) is 17.0 Å². The molecule has 0 aliphatic heterocycles. The maximum Gasteiger partial charge on any atom is 0.272 e. The number of nitrogens with zero attached hydrogens (tertiary/aromatic N) is 1. The topological polar surface area (TPSA) is 65.9 Å². The molecule has 1 aromatic carbocycles. The van der Waals surface area contributed by atoms with E-state index in [2.05, 4.69) is 4.98 Å². The average molecular weight is 294 g/mol. The summed E-state index contributed by atoms with van der Waals surface area (Å²) < 4.78 is 29.1. The van der Waals surface area contributed by atoms with Gasteiger partial charge in [-0.1, -0.05) is 13.8 Å². The lowest BCUT2D eigenvalue weighted by atomic mass is 10.1. The number of fused-ring (bicyclic) bond motifs is 1. The van der Waals surface area contributed by atoms with Crippen LogP contribution in [0.25, 0.3) is 10.9 Å². The molecule has 1 heterocycles. The monoisotopic (exact) mass is 294 g/mol. The summed E-state index contributed by atoms with van der Waals surface area (Å²) in [6.07, 6.45) is -2.63. The Balaban J connectivity index is 0.00000106. The van der Waals surface area contributed by atoms with E-state index in [1.165, 1.54) is 12.1 Å². The second kappa shape index (κ2) is 7.39. The van der Waals surface area contributed by atoms with E-state index in [4.69, 9.17) is 10.00 Å². The molecule has 4 nitrogen and oxygen atoms in total. The molecule has 112 valence electrons. The fraction of sp³-hybridized carbons (Fsp3) is 0.333. The van der Waals surface area contributed by atoms with E-state index in [1.807, 2.05) is 19.9 Å². The lowest BCUT2D eigenvalue weighted by Gasteiger charge is -2.09. The van der Waals surface area contributed by atoms with E-state index in [-0.39, 0.29) is 16.9 Å². The van der Waals surface area contributed by atoms with Crippen LogP contribution < -0.4 is 10.3 Å². The minimum absolute atomic E-state index is 0.0369. The van der Waals surface area contributed by atoms with Gasteiger partial charge in [0.05, 0.1) is 11.1 Å². The summed E-state index contributed by atoms with van der Waals surface area (Å²) in [6.45, 7) is 4.85. The number of hydrogen-bond acceptors (Lipinski definition) is 3. The number of aromatic nitrogens is 1. The second-order valence-electron chi connectivity index (χ2n) is 4.03.